The number of rotatable bonds is 1. The molecule has 14 heavy (non-hydrogen) atoms. The van der Waals surface area contributed by atoms with Crippen LogP contribution in [0.5, 0.6) is 0 Å². The molecule has 0 saturated heterocycles. The zero-order chi connectivity index (χ0) is 9.97. The summed E-state index contributed by atoms with van der Waals surface area (Å²) in [6.45, 7) is 0. The van der Waals surface area contributed by atoms with E-state index >= 15 is 0 Å². The number of hydrogen-bond donors (Lipinski definition) is 0. The molecule has 4 heteroatoms. The number of aromatic nitrogens is 2. The summed E-state index contributed by atoms with van der Waals surface area (Å²) in [6.07, 6.45) is 3.08. The minimum atomic E-state index is -0.266. The standard InChI is InChI=1S/C10H6BrFN2/c11-10-9(5-13-6-14-10)7-2-1-3-8(12)4-7/h1-6H. The first-order valence-electron chi connectivity index (χ1n) is 3.99. The monoisotopic (exact) mass is 252 g/mol. The fourth-order valence-corrected chi connectivity index (χ4v) is 1.59. The Morgan fingerprint density at radius 1 is 1.29 bits per heavy atom. The predicted octanol–water partition coefficient (Wildman–Crippen LogP) is 3.05. The molecule has 2 nitrogen and oxygen atoms in total. The number of hydrogen-bond acceptors (Lipinski definition) is 2. The number of benzene rings is 1. The van der Waals surface area contributed by atoms with Crippen LogP contribution in [0.25, 0.3) is 11.1 Å². The lowest BCUT2D eigenvalue weighted by Gasteiger charge is -2.02. The molecule has 0 saturated carbocycles. The smallest absolute Gasteiger partial charge is 0.123 e. The van der Waals surface area contributed by atoms with E-state index in [4.69, 9.17) is 0 Å². The molecule has 1 aromatic heterocycles. The van der Waals surface area contributed by atoms with Crippen LogP contribution in [0.4, 0.5) is 4.39 Å². The normalized spacial score (nSPS) is 10.1. The molecule has 0 aliphatic rings. The molecule has 0 aliphatic heterocycles. The molecule has 0 aliphatic carbocycles. The second kappa shape index (κ2) is 3.84. The van der Waals surface area contributed by atoms with Gasteiger partial charge in [0.2, 0.25) is 0 Å². The van der Waals surface area contributed by atoms with Gasteiger partial charge in [-0.3, -0.25) is 0 Å². The van der Waals surface area contributed by atoms with Crippen LogP contribution < -0.4 is 0 Å². The van der Waals surface area contributed by atoms with Crippen molar-refractivity contribution in [3.63, 3.8) is 0 Å². The molecule has 0 radical (unpaired) electrons. The quantitative estimate of drug-likeness (QED) is 0.730. The summed E-state index contributed by atoms with van der Waals surface area (Å²) < 4.78 is 13.6. The third kappa shape index (κ3) is 1.80. The predicted molar refractivity (Wildman–Crippen MR) is 55.1 cm³/mol. The summed E-state index contributed by atoms with van der Waals surface area (Å²) in [5.41, 5.74) is 1.55. The Balaban J connectivity index is 2.55. The number of halogens is 2. The van der Waals surface area contributed by atoms with Gasteiger partial charge in [-0.05, 0) is 33.6 Å². The molecular formula is C10H6BrFN2. The third-order valence-corrected chi connectivity index (χ3v) is 2.43. The van der Waals surface area contributed by atoms with E-state index in [9.17, 15) is 4.39 Å². The van der Waals surface area contributed by atoms with Gasteiger partial charge in [0.25, 0.3) is 0 Å². The van der Waals surface area contributed by atoms with E-state index in [2.05, 4.69) is 25.9 Å². The van der Waals surface area contributed by atoms with Crippen molar-refractivity contribution in [1.82, 2.24) is 9.97 Å². The van der Waals surface area contributed by atoms with E-state index in [1.165, 1.54) is 18.5 Å². The van der Waals surface area contributed by atoms with Gasteiger partial charge >= 0.3 is 0 Å². The largest absolute Gasteiger partial charge is 0.244 e. The lowest BCUT2D eigenvalue weighted by Crippen LogP contribution is -1.86. The Morgan fingerprint density at radius 2 is 2.14 bits per heavy atom. The molecule has 0 fully saturated rings. The van der Waals surface area contributed by atoms with Gasteiger partial charge in [-0.15, -0.1) is 0 Å². The zero-order valence-electron chi connectivity index (χ0n) is 7.11. The first-order chi connectivity index (χ1) is 6.77. The van der Waals surface area contributed by atoms with Crippen molar-refractivity contribution in [2.45, 2.75) is 0 Å². The highest BCUT2D eigenvalue weighted by atomic mass is 79.9. The van der Waals surface area contributed by atoms with Crippen LogP contribution in [-0.2, 0) is 0 Å². The van der Waals surface area contributed by atoms with Crippen molar-refractivity contribution in [3.05, 3.63) is 47.2 Å². The molecule has 0 spiro atoms. The average Bonchev–Trinajstić information content (AvgIpc) is 2.18. The Kier molecular flexibility index (Phi) is 2.54. The minimum absolute atomic E-state index is 0.266. The second-order valence-corrected chi connectivity index (χ2v) is 3.49. The SMILES string of the molecule is Fc1cccc(-c2cncnc2Br)c1. The summed E-state index contributed by atoms with van der Waals surface area (Å²) in [4.78, 5) is 7.86. The van der Waals surface area contributed by atoms with Crippen LogP contribution in [0.2, 0.25) is 0 Å². The molecule has 0 N–H and O–H groups in total. The van der Waals surface area contributed by atoms with Crippen LogP contribution in [-0.4, -0.2) is 9.97 Å². The Hall–Kier alpha value is -1.29. The Morgan fingerprint density at radius 3 is 2.86 bits per heavy atom. The Labute approximate surface area is 89.0 Å². The lowest BCUT2D eigenvalue weighted by atomic mass is 10.1. The van der Waals surface area contributed by atoms with Gasteiger partial charge in [-0.25, -0.2) is 14.4 Å². The molecule has 0 atom stereocenters. The highest BCUT2D eigenvalue weighted by Gasteiger charge is 2.04. The second-order valence-electron chi connectivity index (χ2n) is 2.74. The molecular weight excluding hydrogens is 247 g/mol. The maximum absolute atomic E-state index is 12.9. The summed E-state index contributed by atoms with van der Waals surface area (Å²) >= 11 is 3.28. The summed E-state index contributed by atoms with van der Waals surface area (Å²) in [7, 11) is 0. The highest BCUT2D eigenvalue weighted by molar-refractivity contribution is 9.10. The van der Waals surface area contributed by atoms with Crippen molar-refractivity contribution >= 4 is 15.9 Å². The molecule has 1 aromatic carbocycles. The number of nitrogens with zero attached hydrogens (tertiary/aromatic N) is 2. The van der Waals surface area contributed by atoms with Crippen LogP contribution in [0, 0.1) is 5.82 Å². The molecule has 0 unspecified atom stereocenters. The zero-order valence-corrected chi connectivity index (χ0v) is 8.70. The average molecular weight is 253 g/mol. The first kappa shape index (κ1) is 9.27. The van der Waals surface area contributed by atoms with E-state index in [1.54, 1.807) is 12.3 Å². The van der Waals surface area contributed by atoms with Gasteiger partial charge in [-0.1, -0.05) is 12.1 Å². The van der Waals surface area contributed by atoms with Gasteiger partial charge in [0, 0.05) is 11.8 Å². The van der Waals surface area contributed by atoms with E-state index in [0.29, 0.717) is 4.60 Å². The van der Waals surface area contributed by atoms with E-state index < -0.39 is 0 Å². The van der Waals surface area contributed by atoms with Crippen molar-refractivity contribution in [3.8, 4) is 11.1 Å². The highest BCUT2D eigenvalue weighted by Crippen LogP contribution is 2.25. The summed E-state index contributed by atoms with van der Waals surface area (Å²) in [6, 6.07) is 6.32. The van der Waals surface area contributed by atoms with E-state index in [-0.39, 0.29) is 5.82 Å². The Bertz CT molecular complexity index is 459. The topological polar surface area (TPSA) is 25.8 Å². The van der Waals surface area contributed by atoms with Gasteiger partial charge in [-0.2, -0.15) is 0 Å². The lowest BCUT2D eigenvalue weighted by molar-refractivity contribution is 0.628. The van der Waals surface area contributed by atoms with Gasteiger partial charge < -0.3 is 0 Å². The van der Waals surface area contributed by atoms with Gasteiger partial charge in [0.1, 0.15) is 16.7 Å². The van der Waals surface area contributed by atoms with Gasteiger partial charge in [0.05, 0.1) is 0 Å². The third-order valence-electron chi connectivity index (χ3n) is 1.80. The molecule has 2 rings (SSSR count). The molecule has 70 valence electrons. The fraction of sp³-hybridized carbons (Fsp3) is 0. The van der Waals surface area contributed by atoms with Crippen LogP contribution in [0.15, 0.2) is 41.4 Å². The fourth-order valence-electron chi connectivity index (χ4n) is 1.16. The maximum atomic E-state index is 12.9. The van der Waals surface area contributed by atoms with Crippen molar-refractivity contribution < 1.29 is 4.39 Å². The van der Waals surface area contributed by atoms with Crippen molar-refractivity contribution in [1.29, 1.82) is 0 Å². The van der Waals surface area contributed by atoms with E-state index in [1.807, 2.05) is 6.07 Å². The van der Waals surface area contributed by atoms with Crippen LogP contribution in [0.1, 0.15) is 0 Å². The molecule has 0 bridgehead atoms. The summed E-state index contributed by atoms with van der Waals surface area (Å²) in [5, 5.41) is 0. The van der Waals surface area contributed by atoms with Gasteiger partial charge in [0.15, 0.2) is 0 Å². The van der Waals surface area contributed by atoms with Crippen molar-refractivity contribution in [2.75, 3.05) is 0 Å². The maximum Gasteiger partial charge on any atom is 0.123 e. The minimum Gasteiger partial charge on any atom is -0.244 e. The van der Waals surface area contributed by atoms with E-state index in [0.717, 1.165) is 11.1 Å². The van der Waals surface area contributed by atoms with Crippen LogP contribution in [0.3, 0.4) is 0 Å². The van der Waals surface area contributed by atoms with Crippen molar-refractivity contribution in [2.24, 2.45) is 0 Å². The molecule has 1 heterocycles. The first-order valence-corrected chi connectivity index (χ1v) is 4.78. The molecule has 2 aromatic rings. The summed E-state index contributed by atoms with van der Waals surface area (Å²) in [5.74, 6) is -0.266. The molecule has 0 amide bonds. The van der Waals surface area contributed by atoms with Crippen LogP contribution >= 0.6 is 15.9 Å².